The molecule has 13 heteroatoms. The van der Waals surface area contributed by atoms with Gasteiger partial charge < -0.3 is 10.2 Å². The Hall–Kier alpha value is -3.64. The Morgan fingerprint density at radius 3 is 2.19 bits per heavy atom. The molecule has 0 bridgehead atoms. The van der Waals surface area contributed by atoms with E-state index in [1.807, 2.05) is 13.8 Å². The Morgan fingerprint density at radius 2 is 1.60 bits per heavy atom. The van der Waals surface area contributed by atoms with Crippen molar-refractivity contribution in [3.05, 3.63) is 100 Å². The van der Waals surface area contributed by atoms with Crippen LogP contribution in [0.2, 0.25) is 5.02 Å². The van der Waals surface area contributed by atoms with Crippen LogP contribution >= 0.6 is 11.6 Å². The van der Waals surface area contributed by atoms with Gasteiger partial charge in [-0.2, -0.15) is 13.2 Å². The minimum Gasteiger partial charge on any atom is -0.354 e. The average Bonchev–Trinajstić information content (AvgIpc) is 2.93. The molecule has 43 heavy (non-hydrogen) atoms. The molecule has 3 aromatic carbocycles. The van der Waals surface area contributed by atoms with E-state index in [1.54, 1.807) is 30.3 Å². The smallest absolute Gasteiger partial charge is 0.354 e. The lowest BCUT2D eigenvalue weighted by molar-refractivity contribution is -0.140. The molecule has 0 aliphatic carbocycles. The van der Waals surface area contributed by atoms with E-state index in [9.17, 15) is 35.6 Å². The van der Waals surface area contributed by atoms with Crippen LogP contribution in [0, 0.1) is 11.7 Å². The fourth-order valence-corrected chi connectivity index (χ4v) is 5.38. The normalized spacial score (nSPS) is 12.6. The number of rotatable bonds is 12. The van der Waals surface area contributed by atoms with Crippen molar-refractivity contribution in [2.75, 3.05) is 23.7 Å². The Kier molecular flexibility index (Phi) is 11.2. The van der Waals surface area contributed by atoms with Crippen molar-refractivity contribution < 1.29 is 35.6 Å². The number of amides is 2. The third-order valence-corrected chi connectivity index (χ3v) is 7.92. The lowest BCUT2D eigenvalue weighted by atomic mass is 10.0. The molecule has 3 rings (SSSR count). The fraction of sp³-hybridized carbons (Fsp3) is 0.333. The Bertz CT molecular complexity index is 1540. The summed E-state index contributed by atoms with van der Waals surface area (Å²) in [4.78, 5) is 28.6. The van der Waals surface area contributed by atoms with Gasteiger partial charge in [-0.25, -0.2) is 12.8 Å². The molecule has 2 amide bonds. The third kappa shape index (κ3) is 9.42. The summed E-state index contributed by atoms with van der Waals surface area (Å²) in [7, 11) is -4.38. The van der Waals surface area contributed by atoms with E-state index in [2.05, 4.69) is 5.32 Å². The van der Waals surface area contributed by atoms with Crippen molar-refractivity contribution >= 4 is 39.1 Å². The van der Waals surface area contributed by atoms with Crippen LogP contribution in [0.5, 0.6) is 0 Å². The molecule has 1 atom stereocenters. The highest BCUT2D eigenvalue weighted by atomic mass is 35.5. The number of anilines is 1. The van der Waals surface area contributed by atoms with Crippen LogP contribution in [0.15, 0.2) is 72.8 Å². The average molecular weight is 642 g/mol. The summed E-state index contributed by atoms with van der Waals surface area (Å²) in [6.45, 7) is 2.58. The molecule has 232 valence electrons. The number of hydrogen-bond acceptors (Lipinski definition) is 4. The highest BCUT2D eigenvalue weighted by molar-refractivity contribution is 7.92. The van der Waals surface area contributed by atoms with E-state index in [0.717, 1.165) is 17.2 Å². The highest BCUT2D eigenvalue weighted by Gasteiger charge is 2.36. The molecule has 0 saturated carbocycles. The van der Waals surface area contributed by atoms with Crippen molar-refractivity contribution in [2.24, 2.45) is 5.92 Å². The number of nitrogens with zero attached hydrogens (tertiary/aromatic N) is 2. The van der Waals surface area contributed by atoms with Gasteiger partial charge in [-0.3, -0.25) is 13.9 Å². The maximum absolute atomic E-state index is 14.8. The Balaban J connectivity index is 2.12. The number of benzene rings is 3. The van der Waals surface area contributed by atoms with Gasteiger partial charge in [-0.05, 0) is 35.7 Å². The lowest BCUT2D eigenvalue weighted by Crippen LogP contribution is -2.53. The highest BCUT2D eigenvalue weighted by Crippen LogP contribution is 2.36. The summed E-state index contributed by atoms with van der Waals surface area (Å²) in [5.41, 5.74) is -1.03. The third-order valence-electron chi connectivity index (χ3n) is 6.48. The quantitative estimate of drug-likeness (QED) is 0.258. The summed E-state index contributed by atoms with van der Waals surface area (Å²) >= 11 is 6.14. The second-order valence-corrected chi connectivity index (χ2v) is 12.7. The molecule has 7 nitrogen and oxygen atoms in total. The molecule has 0 saturated heterocycles. The van der Waals surface area contributed by atoms with Crippen LogP contribution in [0.25, 0.3) is 0 Å². The van der Waals surface area contributed by atoms with Crippen molar-refractivity contribution in [2.45, 2.75) is 39.0 Å². The first-order valence-corrected chi connectivity index (χ1v) is 15.5. The van der Waals surface area contributed by atoms with E-state index < -0.39 is 64.2 Å². The van der Waals surface area contributed by atoms with Gasteiger partial charge in [0.2, 0.25) is 21.8 Å². The summed E-state index contributed by atoms with van der Waals surface area (Å²) in [6.07, 6.45) is -4.11. The number of halogens is 5. The van der Waals surface area contributed by atoms with E-state index in [4.69, 9.17) is 11.6 Å². The second-order valence-electron chi connectivity index (χ2n) is 10.4. The molecule has 0 radical (unpaired) electrons. The van der Waals surface area contributed by atoms with Gasteiger partial charge in [0.15, 0.2) is 0 Å². The van der Waals surface area contributed by atoms with Gasteiger partial charge in [0.05, 0.1) is 22.5 Å². The maximum Gasteiger partial charge on any atom is 0.416 e. The minimum atomic E-state index is -4.82. The van der Waals surface area contributed by atoms with Crippen LogP contribution in [-0.4, -0.2) is 50.5 Å². The predicted octanol–water partition coefficient (Wildman–Crippen LogP) is 5.68. The zero-order valence-electron chi connectivity index (χ0n) is 23.7. The van der Waals surface area contributed by atoms with E-state index in [0.29, 0.717) is 22.0 Å². The molecule has 0 aromatic heterocycles. The molecule has 0 spiro atoms. The van der Waals surface area contributed by atoms with Crippen LogP contribution in [0.1, 0.15) is 30.5 Å². The maximum atomic E-state index is 14.8. The molecule has 0 fully saturated rings. The van der Waals surface area contributed by atoms with E-state index in [1.165, 1.54) is 24.3 Å². The first kappa shape index (κ1) is 33.9. The fourth-order valence-electron chi connectivity index (χ4n) is 4.26. The van der Waals surface area contributed by atoms with Crippen molar-refractivity contribution in [3.8, 4) is 0 Å². The van der Waals surface area contributed by atoms with E-state index >= 15 is 0 Å². The zero-order valence-corrected chi connectivity index (χ0v) is 25.3. The van der Waals surface area contributed by atoms with Crippen LogP contribution in [-0.2, 0) is 38.8 Å². The summed E-state index contributed by atoms with van der Waals surface area (Å²) in [6, 6.07) is 15.2. The number of hydrogen-bond donors (Lipinski definition) is 1. The van der Waals surface area contributed by atoms with Gasteiger partial charge in [-0.15, -0.1) is 0 Å². The first-order valence-electron chi connectivity index (χ1n) is 13.3. The van der Waals surface area contributed by atoms with Gasteiger partial charge >= 0.3 is 6.18 Å². The van der Waals surface area contributed by atoms with Crippen LogP contribution in [0.4, 0.5) is 23.2 Å². The lowest BCUT2D eigenvalue weighted by Gasteiger charge is -2.34. The van der Waals surface area contributed by atoms with Crippen molar-refractivity contribution in [3.63, 3.8) is 0 Å². The Morgan fingerprint density at radius 1 is 0.977 bits per heavy atom. The van der Waals surface area contributed by atoms with Crippen LogP contribution in [0.3, 0.4) is 0 Å². The molecule has 0 aliphatic rings. The summed E-state index contributed by atoms with van der Waals surface area (Å²) in [5, 5.41) is 2.44. The molecule has 1 N–H and O–H groups in total. The Labute approximate surface area is 253 Å². The standard InChI is InChI=1S/C30H32ClF4N3O4S/c1-20(2)17-36-29(40)27(15-21-9-5-4-6-10-21)37(18-22-11-7-8-12-25(22)32)28(39)19-38(43(3,41)42)26-16-23(30(33,34)35)13-14-24(26)31/h4-14,16,20,27H,15,17-19H2,1-3H3,(H,36,40). The molecule has 0 aliphatic heterocycles. The van der Waals surface area contributed by atoms with Gasteiger partial charge in [0.25, 0.3) is 0 Å². The SMILES string of the molecule is CC(C)CNC(=O)C(Cc1ccccc1)N(Cc1ccccc1F)C(=O)CN(c1cc(C(F)(F)F)ccc1Cl)S(C)(=O)=O. The number of nitrogens with one attached hydrogen (secondary N) is 1. The van der Waals surface area contributed by atoms with Crippen molar-refractivity contribution in [1.29, 1.82) is 0 Å². The summed E-state index contributed by atoms with van der Waals surface area (Å²) in [5.74, 6) is -2.13. The number of carbonyl (C=O) groups excluding carboxylic acids is 2. The molecular weight excluding hydrogens is 610 g/mol. The molecule has 0 heterocycles. The first-order chi connectivity index (χ1) is 20.1. The molecule has 1 unspecified atom stereocenters. The van der Waals surface area contributed by atoms with E-state index in [-0.39, 0.29) is 29.5 Å². The number of carbonyl (C=O) groups is 2. The molecule has 3 aromatic rings. The van der Waals surface area contributed by atoms with Gasteiger partial charge in [0, 0.05) is 25.1 Å². The monoisotopic (exact) mass is 641 g/mol. The summed E-state index contributed by atoms with van der Waals surface area (Å²) < 4.78 is 81.5. The topological polar surface area (TPSA) is 86.8 Å². The predicted molar refractivity (Wildman–Crippen MR) is 157 cm³/mol. The largest absolute Gasteiger partial charge is 0.416 e. The number of sulfonamides is 1. The van der Waals surface area contributed by atoms with Crippen molar-refractivity contribution in [1.82, 2.24) is 10.2 Å². The van der Waals surface area contributed by atoms with Gasteiger partial charge in [0.1, 0.15) is 18.4 Å². The minimum absolute atomic E-state index is 0.00580. The second kappa shape index (κ2) is 14.2. The molecular formula is C30H32ClF4N3O4S. The van der Waals surface area contributed by atoms with Gasteiger partial charge in [-0.1, -0.05) is 74.0 Å². The number of alkyl halides is 3. The zero-order chi connectivity index (χ0) is 31.9. The van der Waals surface area contributed by atoms with Crippen LogP contribution < -0.4 is 9.62 Å².